The summed E-state index contributed by atoms with van der Waals surface area (Å²) >= 11 is 0. The number of carbonyl (C=O) groups excluding carboxylic acids is 1. The number of piperidine rings is 1. The SMILES string of the molecule is Cc1ccc(F)cc1.O=C1C(O)CCC2CC(OCc3cc(C(F)(F)F)cc(C(F)(F)F)c3)CN12. The molecule has 0 aliphatic carbocycles. The summed E-state index contributed by atoms with van der Waals surface area (Å²) in [7, 11) is 0. The standard InChI is InChI=1S/C17H17F6NO3.C7H7F/c18-16(19,20)10-3-9(4-11(5-10)17(21,22)23)8-27-13-6-12-1-2-14(25)15(26)24(12)7-13;1-6-2-4-7(8)5-3-6/h3-5,12-14,25H,1-2,6-8H2;2-5H,1H3. The Bertz CT molecular complexity index is 968. The van der Waals surface area contributed by atoms with E-state index in [1.807, 2.05) is 6.92 Å². The lowest BCUT2D eigenvalue weighted by Crippen LogP contribution is -2.47. The number of fused-ring (bicyclic) bond motifs is 1. The molecule has 3 atom stereocenters. The van der Waals surface area contributed by atoms with Gasteiger partial charge < -0.3 is 14.7 Å². The zero-order valence-electron chi connectivity index (χ0n) is 18.7. The van der Waals surface area contributed by atoms with Crippen LogP contribution in [-0.4, -0.2) is 40.7 Å². The minimum absolute atomic E-state index is 0.0688. The highest BCUT2D eigenvalue weighted by atomic mass is 19.4. The van der Waals surface area contributed by atoms with Gasteiger partial charge in [-0.05, 0) is 62.1 Å². The number of hydrogen-bond acceptors (Lipinski definition) is 3. The van der Waals surface area contributed by atoms with Gasteiger partial charge in [0.05, 0.1) is 23.8 Å². The van der Waals surface area contributed by atoms with Gasteiger partial charge in [0.25, 0.3) is 5.91 Å². The number of hydrogen-bond donors (Lipinski definition) is 1. The molecule has 2 aromatic rings. The zero-order chi connectivity index (χ0) is 26.0. The van der Waals surface area contributed by atoms with Crippen molar-refractivity contribution in [3.63, 3.8) is 0 Å². The second-order valence-electron chi connectivity index (χ2n) is 8.62. The average Bonchev–Trinajstić information content (AvgIpc) is 3.20. The van der Waals surface area contributed by atoms with Gasteiger partial charge in [-0.15, -0.1) is 0 Å². The fourth-order valence-corrected chi connectivity index (χ4v) is 4.05. The molecule has 2 aliphatic heterocycles. The van der Waals surface area contributed by atoms with E-state index in [9.17, 15) is 40.6 Å². The molecule has 3 unspecified atom stereocenters. The lowest BCUT2D eigenvalue weighted by atomic mass is 10.00. The molecule has 0 spiro atoms. The first-order chi connectivity index (χ1) is 16.2. The summed E-state index contributed by atoms with van der Waals surface area (Å²) in [4.78, 5) is 13.4. The number of alkyl halides is 6. The number of rotatable bonds is 3. The largest absolute Gasteiger partial charge is 0.416 e. The molecule has 4 nitrogen and oxygen atoms in total. The maximum atomic E-state index is 12.9. The van der Waals surface area contributed by atoms with E-state index in [1.54, 1.807) is 12.1 Å². The van der Waals surface area contributed by atoms with E-state index in [0.717, 1.165) is 5.56 Å². The number of benzene rings is 2. The maximum Gasteiger partial charge on any atom is 0.416 e. The van der Waals surface area contributed by atoms with Gasteiger partial charge in [0.15, 0.2) is 0 Å². The van der Waals surface area contributed by atoms with Gasteiger partial charge in [0.2, 0.25) is 0 Å². The number of aryl methyl sites for hydroxylation is 1. The molecule has 2 aliphatic rings. The normalized spacial score (nSPS) is 22.5. The number of nitrogens with zero attached hydrogens (tertiary/aromatic N) is 1. The fourth-order valence-electron chi connectivity index (χ4n) is 4.05. The molecule has 2 heterocycles. The number of halogens is 7. The third-order valence-corrected chi connectivity index (χ3v) is 5.86. The summed E-state index contributed by atoms with van der Waals surface area (Å²) < 4.78 is 94.9. The molecule has 0 saturated carbocycles. The lowest BCUT2D eigenvalue weighted by Gasteiger charge is -2.31. The minimum atomic E-state index is -4.91. The van der Waals surface area contributed by atoms with Gasteiger partial charge in [-0.2, -0.15) is 26.3 Å². The molecule has 1 N–H and O–H groups in total. The predicted molar refractivity (Wildman–Crippen MR) is 112 cm³/mol. The Kier molecular flexibility index (Phi) is 8.10. The highest BCUT2D eigenvalue weighted by Crippen LogP contribution is 2.37. The van der Waals surface area contributed by atoms with E-state index in [4.69, 9.17) is 4.74 Å². The molecule has 2 saturated heterocycles. The monoisotopic (exact) mass is 507 g/mol. The second kappa shape index (κ2) is 10.5. The van der Waals surface area contributed by atoms with Crippen molar-refractivity contribution in [2.24, 2.45) is 0 Å². The molecular weight excluding hydrogens is 483 g/mol. The highest BCUT2D eigenvalue weighted by molar-refractivity contribution is 5.82. The fraction of sp³-hybridized carbons (Fsp3) is 0.458. The van der Waals surface area contributed by atoms with Crippen LogP contribution in [0, 0.1) is 12.7 Å². The van der Waals surface area contributed by atoms with Crippen LogP contribution < -0.4 is 0 Å². The van der Waals surface area contributed by atoms with Crippen LogP contribution >= 0.6 is 0 Å². The van der Waals surface area contributed by atoms with Gasteiger partial charge in [0.1, 0.15) is 11.9 Å². The first kappa shape index (κ1) is 26.9. The quantitative estimate of drug-likeness (QED) is 0.559. The van der Waals surface area contributed by atoms with Crippen molar-refractivity contribution in [2.45, 2.75) is 63.4 Å². The van der Waals surface area contributed by atoms with Crippen molar-refractivity contribution in [3.8, 4) is 0 Å². The molecule has 0 aromatic heterocycles. The van der Waals surface area contributed by atoms with Crippen molar-refractivity contribution in [3.05, 3.63) is 70.5 Å². The van der Waals surface area contributed by atoms with E-state index < -0.39 is 48.2 Å². The zero-order valence-corrected chi connectivity index (χ0v) is 18.7. The Hall–Kier alpha value is -2.66. The van der Waals surface area contributed by atoms with Gasteiger partial charge in [-0.25, -0.2) is 4.39 Å². The van der Waals surface area contributed by atoms with Crippen molar-refractivity contribution in [2.75, 3.05) is 6.54 Å². The molecule has 2 aromatic carbocycles. The second-order valence-corrected chi connectivity index (χ2v) is 8.62. The molecule has 4 rings (SSSR count). The summed E-state index contributed by atoms with van der Waals surface area (Å²) in [6.07, 6.45) is -10.1. The Morgan fingerprint density at radius 1 is 0.971 bits per heavy atom. The van der Waals surface area contributed by atoms with E-state index in [-0.39, 0.29) is 30.0 Å². The number of amides is 1. The van der Waals surface area contributed by atoms with Crippen LogP contribution in [-0.2, 0) is 28.5 Å². The first-order valence-corrected chi connectivity index (χ1v) is 10.8. The average molecular weight is 507 g/mol. The van der Waals surface area contributed by atoms with E-state index in [2.05, 4.69) is 0 Å². The molecular formula is C24H24F7NO3. The summed E-state index contributed by atoms with van der Waals surface area (Å²) in [5, 5.41) is 9.59. The smallest absolute Gasteiger partial charge is 0.383 e. The van der Waals surface area contributed by atoms with Crippen LogP contribution in [0.3, 0.4) is 0 Å². The Morgan fingerprint density at radius 2 is 1.54 bits per heavy atom. The van der Waals surface area contributed by atoms with Crippen LogP contribution in [0.1, 0.15) is 41.5 Å². The van der Waals surface area contributed by atoms with Crippen LogP contribution in [0.4, 0.5) is 30.7 Å². The van der Waals surface area contributed by atoms with Crippen molar-refractivity contribution < 1.29 is 45.4 Å². The lowest BCUT2D eigenvalue weighted by molar-refractivity contribution is -0.146. The molecule has 11 heteroatoms. The van der Waals surface area contributed by atoms with Gasteiger partial charge in [-0.1, -0.05) is 17.7 Å². The third-order valence-electron chi connectivity index (χ3n) is 5.86. The molecule has 0 radical (unpaired) electrons. The molecule has 35 heavy (non-hydrogen) atoms. The summed E-state index contributed by atoms with van der Waals surface area (Å²) in [5.41, 5.74) is -1.93. The van der Waals surface area contributed by atoms with Crippen LogP contribution in [0.2, 0.25) is 0 Å². The number of carbonyl (C=O) groups is 1. The van der Waals surface area contributed by atoms with Gasteiger partial charge in [0, 0.05) is 12.6 Å². The van der Waals surface area contributed by atoms with Crippen LogP contribution in [0.15, 0.2) is 42.5 Å². The predicted octanol–water partition coefficient (Wildman–Crippen LogP) is 5.50. The summed E-state index contributed by atoms with van der Waals surface area (Å²) in [6.45, 7) is 1.65. The minimum Gasteiger partial charge on any atom is -0.383 e. The maximum absolute atomic E-state index is 12.9. The molecule has 2 fully saturated rings. The molecule has 192 valence electrons. The number of aliphatic hydroxyl groups excluding tert-OH is 1. The van der Waals surface area contributed by atoms with Crippen LogP contribution in [0.5, 0.6) is 0 Å². The molecule has 1 amide bonds. The topological polar surface area (TPSA) is 49.8 Å². The Morgan fingerprint density at radius 3 is 2.06 bits per heavy atom. The van der Waals surface area contributed by atoms with E-state index >= 15 is 0 Å². The summed E-state index contributed by atoms with van der Waals surface area (Å²) in [6, 6.07) is 7.60. The number of ether oxygens (including phenoxy) is 1. The molecule has 0 bridgehead atoms. The van der Waals surface area contributed by atoms with Crippen molar-refractivity contribution in [1.82, 2.24) is 4.90 Å². The summed E-state index contributed by atoms with van der Waals surface area (Å²) in [5.74, 6) is -0.591. The van der Waals surface area contributed by atoms with Crippen LogP contribution in [0.25, 0.3) is 0 Å². The van der Waals surface area contributed by atoms with E-state index in [1.165, 1.54) is 17.0 Å². The number of aliphatic hydroxyl groups is 1. The first-order valence-electron chi connectivity index (χ1n) is 10.8. The van der Waals surface area contributed by atoms with Gasteiger partial charge >= 0.3 is 12.4 Å². The Labute approximate surface area is 197 Å². The highest BCUT2D eigenvalue weighted by Gasteiger charge is 2.42. The van der Waals surface area contributed by atoms with Gasteiger partial charge in [-0.3, -0.25) is 4.79 Å². The van der Waals surface area contributed by atoms with E-state index in [0.29, 0.717) is 31.4 Å². The Balaban J connectivity index is 0.000000363. The van der Waals surface area contributed by atoms with Crippen molar-refractivity contribution >= 4 is 5.91 Å². The van der Waals surface area contributed by atoms with Crippen molar-refractivity contribution in [1.29, 1.82) is 0 Å². The third kappa shape index (κ3) is 7.17.